The first kappa shape index (κ1) is 18.1. The quantitative estimate of drug-likeness (QED) is 0.442. The molecular formula is C14H20N2O7S. The van der Waals surface area contributed by atoms with Crippen molar-refractivity contribution in [3.8, 4) is 17.2 Å². The molecule has 134 valence electrons. The van der Waals surface area contributed by atoms with Crippen molar-refractivity contribution in [1.82, 2.24) is 4.90 Å². The second-order valence-corrected chi connectivity index (χ2v) is 7.77. The van der Waals surface area contributed by atoms with Crippen LogP contribution in [-0.2, 0) is 14.6 Å². The van der Waals surface area contributed by atoms with E-state index in [1.807, 2.05) is 0 Å². The summed E-state index contributed by atoms with van der Waals surface area (Å²) >= 11 is 0. The largest absolute Gasteiger partial charge is 0.504 e. The summed E-state index contributed by atoms with van der Waals surface area (Å²) in [7, 11) is -1.70. The number of phenolic OH excluding ortho intramolecular Hbond substituents is 3. The number of nitrogens with zero attached hydrogens (tertiary/aromatic N) is 1. The summed E-state index contributed by atoms with van der Waals surface area (Å²) in [4.78, 5) is 13.8. The third-order valence-electron chi connectivity index (χ3n) is 3.77. The van der Waals surface area contributed by atoms with E-state index in [2.05, 4.69) is 5.32 Å². The zero-order chi connectivity index (χ0) is 17.9. The molecule has 4 N–H and O–H groups in total. The van der Waals surface area contributed by atoms with E-state index in [0.717, 1.165) is 12.1 Å². The molecule has 0 saturated carbocycles. The zero-order valence-electron chi connectivity index (χ0n) is 13.1. The van der Waals surface area contributed by atoms with Crippen molar-refractivity contribution in [3.05, 3.63) is 12.1 Å². The Morgan fingerprint density at radius 1 is 1.33 bits per heavy atom. The molecule has 2 amide bonds. The standard InChI is InChI=1S/C14H20N2O7S/c1-23-4-3-16(10-2-5-24(21,22)8-10)14(20)15-9-6-11(17)13(19)12(18)7-9/h6-7,10,17-19H,2-5,8H2,1H3,(H,15,20). The summed E-state index contributed by atoms with van der Waals surface area (Å²) in [6.45, 7) is 0.425. The van der Waals surface area contributed by atoms with Gasteiger partial charge in [-0.3, -0.25) is 0 Å². The van der Waals surface area contributed by atoms with Gasteiger partial charge < -0.3 is 30.3 Å². The molecular weight excluding hydrogens is 340 g/mol. The Hall–Kier alpha value is -2.20. The number of urea groups is 1. The minimum Gasteiger partial charge on any atom is -0.504 e. The van der Waals surface area contributed by atoms with Crippen LogP contribution in [0.3, 0.4) is 0 Å². The number of sulfone groups is 1. The number of anilines is 1. The van der Waals surface area contributed by atoms with Crippen molar-refractivity contribution in [2.24, 2.45) is 0 Å². The normalized spacial score (nSPS) is 19.1. The van der Waals surface area contributed by atoms with Gasteiger partial charge in [0.05, 0.1) is 23.8 Å². The lowest BCUT2D eigenvalue weighted by molar-refractivity contribution is 0.140. The van der Waals surface area contributed by atoms with Crippen LogP contribution < -0.4 is 5.32 Å². The highest BCUT2D eigenvalue weighted by molar-refractivity contribution is 7.91. The van der Waals surface area contributed by atoms with E-state index in [1.165, 1.54) is 12.0 Å². The van der Waals surface area contributed by atoms with Crippen molar-refractivity contribution >= 4 is 21.6 Å². The van der Waals surface area contributed by atoms with Crippen LogP contribution in [0.15, 0.2) is 12.1 Å². The number of benzene rings is 1. The van der Waals surface area contributed by atoms with Gasteiger partial charge in [0.25, 0.3) is 0 Å². The smallest absolute Gasteiger partial charge is 0.322 e. The van der Waals surface area contributed by atoms with Gasteiger partial charge in [-0.05, 0) is 6.42 Å². The molecule has 1 aromatic carbocycles. The van der Waals surface area contributed by atoms with Gasteiger partial charge in [0.2, 0.25) is 0 Å². The molecule has 0 bridgehead atoms. The Bertz CT molecular complexity index is 697. The topological polar surface area (TPSA) is 136 Å². The van der Waals surface area contributed by atoms with E-state index in [4.69, 9.17) is 4.74 Å². The first-order valence-electron chi connectivity index (χ1n) is 7.25. The van der Waals surface area contributed by atoms with Crippen LogP contribution in [0, 0.1) is 0 Å². The van der Waals surface area contributed by atoms with Crippen molar-refractivity contribution in [2.75, 3.05) is 37.1 Å². The van der Waals surface area contributed by atoms with Crippen LogP contribution in [0.5, 0.6) is 17.2 Å². The highest BCUT2D eigenvalue weighted by Gasteiger charge is 2.34. The first-order chi connectivity index (χ1) is 11.2. The number of carbonyl (C=O) groups is 1. The third kappa shape index (κ3) is 4.20. The fourth-order valence-corrected chi connectivity index (χ4v) is 4.26. The number of ether oxygens (including phenoxy) is 1. The van der Waals surface area contributed by atoms with E-state index in [1.54, 1.807) is 0 Å². The van der Waals surface area contributed by atoms with Gasteiger partial charge in [-0.1, -0.05) is 0 Å². The monoisotopic (exact) mass is 360 g/mol. The Morgan fingerprint density at radius 3 is 2.46 bits per heavy atom. The summed E-state index contributed by atoms with van der Waals surface area (Å²) in [5.74, 6) is -1.95. The number of nitrogens with one attached hydrogen (secondary N) is 1. The average molecular weight is 360 g/mol. The zero-order valence-corrected chi connectivity index (χ0v) is 13.9. The van der Waals surface area contributed by atoms with Gasteiger partial charge in [0.1, 0.15) is 0 Å². The molecule has 9 nitrogen and oxygen atoms in total. The van der Waals surface area contributed by atoms with E-state index < -0.39 is 39.2 Å². The fourth-order valence-electron chi connectivity index (χ4n) is 2.53. The first-order valence-corrected chi connectivity index (χ1v) is 9.07. The maximum Gasteiger partial charge on any atom is 0.322 e. The molecule has 2 rings (SSSR count). The van der Waals surface area contributed by atoms with Gasteiger partial charge >= 0.3 is 6.03 Å². The molecule has 10 heteroatoms. The summed E-state index contributed by atoms with van der Waals surface area (Å²) < 4.78 is 28.2. The molecule has 24 heavy (non-hydrogen) atoms. The van der Waals surface area contributed by atoms with Crippen LogP contribution in [0.2, 0.25) is 0 Å². The Kier molecular flexibility index (Phi) is 5.40. The Balaban J connectivity index is 2.16. The number of aromatic hydroxyl groups is 3. The van der Waals surface area contributed by atoms with E-state index in [-0.39, 0.29) is 30.3 Å². The molecule has 1 atom stereocenters. The van der Waals surface area contributed by atoms with Crippen molar-refractivity contribution in [3.63, 3.8) is 0 Å². The summed E-state index contributed by atoms with van der Waals surface area (Å²) in [6, 6.07) is 1.10. The second kappa shape index (κ2) is 7.14. The molecule has 1 aliphatic rings. The lowest BCUT2D eigenvalue weighted by atomic mass is 10.2. The van der Waals surface area contributed by atoms with Gasteiger partial charge in [0, 0.05) is 31.8 Å². The highest BCUT2D eigenvalue weighted by atomic mass is 32.2. The minimum absolute atomic E-state index is 0.0230. The average Bonchev–Trinajstić information content (AvgIpc) is 2.85. The Morgan fingerprint density at radius 2 is 1.96 bits per heavy atom. The molecule has 0 aromatic heterocycles. The van der Waals surface area contributed by atoms with Crippen molar-refractivity contribution in [1.29, 1.82) is 0 Å². The van der Waals surface area contributed by atoms with Crippen LogP contribution >= 0.6 is 0 Å². The van der Waals surface area contributed by atoms with Gasteiger partial charge in [0.15, 0.2) is 27.1 Å². The number of hydrogen-bond acceptors (Lipinski definition) is 7. The summed E-state index contributed by atoms with van der Waals surface area (Å²) in [5.41, 5.74) is 0.0658. The van der Waals surface area contributed by atoms with E-state index in [0.29, 0.717) is 6.42 Å². The molecule has 0 radical (unpaired) electrons. The number of hydrogen-bond donors (Lipinski definition) is 4. The molecule has 1 saturated heterocycles. The SMILES string of the molecule is COCCN(C(=O)Nc1cc(O)c(O)c(O)c1)C1CCS(=O)(=O)C1. The van der Waals surface area contributed by atoms with Gasteiger partial charge in [-0.15, -0.1) is 0 Å². The number of rotatable bonds is 5. The molecule has 1 unspecified atom stereocenters. The van der Waals surface area contributed by atoms with Gasteiger partial charge in [-0.2, -0.15) is 0 Å². The predicted octanol–water partition coefficient (Wildman–Crippen LogP) is 0.471. The predicted molar refractivity (Wildman–Crippen MR) is 86.1 cm³/mol. The summed E-state index contributed by atoms with van der Waals surface area (Å²) in [5, 5.41) is 30.7. The molecule has 1 fully saturated rings. The lowest BCUT2D eigenvalue weighted by Crippen LogP contribution is -2.45. The number of carbonyl (C=O) groups excluding carboxylic acids is 1. The van der Waals surface area contributed by atoms with E-state index in [9.17, 15) is 28.5 Å². The summed E-state index contributed by atoms with van der Waals surface area (Å²) in [6.07, 6.45) is 0.339. The third-order valence-corrected chi connectivity index (χ3v) is 5.52. The van der Waals surface area contributed by atoms with E-state index >= 15 is 0 Å². The van der Waals surface area contributed by atoms with Gasteiger partial charge in [-0.25, -0.2) is 13.2 Å². The maximum atomic E-state index is 12.5. The number of methoxy groups -OCH3 is 1. The number of amides is 2. The van der Waals surface area contributed by atoms with Crippen LogP contribution in [0.1, 0.15) is 6.42 Å². The highest BCUT2D eigenvalue weighted by Crippen LogP contribution is 2.37. The molecule has 1 heterocycles. The van der Waals surface area contributed by atoms with Crippen LogP contribution in [-0.4, -0.2) is 72.5 Å². The Labute approximate surface area is 139 Å². The molecule has 1 aliphatic heterocycles. The van der Waals surface area contributed by atoms with Crippen LogP contribution in [0.25, 0.3) is 0 Å². The van der Waals surface area contributed by atoms with Crippen LogP contribution in [0.4, 0.5) is 10.5 Å². The second-order valence-electron chi connectivity index (χ2n) is 5.54. The number of phenols is 3. The lowest BCUT2D eigenvalue weighted by Gasteiger charge is -2.28. The molecule has 0 aliphatic carbocycles. The maximum absolute atomic E-state index is 12.5. The van der Waals surface area contributed by atoms with Crippen molar-refractivity contribution in [2.45, 2.75) is 12.5 Å². The minimum atomic E-state index is -3.17. The fraction of sp³-hybridized carbons (Fsp3) is 0.500. The van der Waals surface area contributed by atoms with Crippen molar-refractivity contribution < 1.29 is 33.3 Å². The molecule has 0 spiro atoms. The molecule has 1 aromatic rings.